The fourth-order valence-corrected chi connectivity index (χ4v) is 1.18. The lowest BCUT2D eigenvalue weighted by atomic mass is 9.81. The van der Waals surface area contributed by atoms with E-state index in [1.165, 1.54) is 0 Å². The molecular weight excluding hydrogens is 178 g/mol. The van der Waals surface area contributed by atoms with Crippen LogP contribution in [0.15, 0.2) is 0 Å². The Morgan fingerprint density at radius 3 is 1.75 bits per heavy atom. The van der Waals surface area contributed by atoms with Gasteiger partial charge in [-0.1, -0.05) is 20.8 Å². The van der Waals surface area contributed by atoms with Gasteiger partial charge in [0.25, 0.3) is 0 Å². The molecule has 0 saturated heterocycles. The van der Waals surface area contributed by atoms with Crippen LogP contribution in [0.4, 0.5) is 0 Å². The smallest absolute Gasteiger partial charge is 0.323 e. The lowest BCUT2D eigenvalue weighted by molar-refractivity contribution is -0.143. The van der Waals surface area contributed by atoms with Crippen molar-refractivity contribution in [3.05, 3.63) is 0 Å². The fraction of sp³-hybridized carbons (Fsp3) is 0.875. The minimum atomic E-state index is -1.10. The van der Waals surface area contributed by atoms with Crippen molar-refractivity contribution in [3.63, 3.8) is 0 Å². The summed E-state index contributed by atoms with van der Waals surface area (Å²) in [4.78, 5) is 10.6. The van der Waals surface area contributed by atoms with Gasteiger partial charge in [0.1, 0.15) is 5.54 Å². The zero-order chi connectivity index (χ0) is 9.28. The summed E-state index contributed by atoms with van der Waals surface area (Å²) < 4.78 is 0. The third kappa shape index (κ3) is 5.38. The lowest BCUT2D eigenvalue weighted by Gasteiger charge is -2.28. The van der Waals surface area contributed by atoms with Gasteiger partial charge in [-0.25, -0.2) is 0 Å². The average molecular weight is 196 g/mol. The molecule has 3 nitrogen and oxygen atoms in total. The second kappa shape index (κ2) is 4.10. The molecule has 0 aliphatic carbocycles. The molecule has 0 aromatic rings. The molecule has 4 heteroatoms. The number of nitrogens with two attached hydrogens (primary N) is 1. The number of rotatable bonds is 2. The maximum absolute atomic E-state index is 10.6. The topological polar surface area (TPSA) is 63.3 Å². The van der Waals surface area contributed by atoms with E-state index in [9.17, 15) is 4.79 Å². The van der Waals surface area contributed by atoms with Crippen LogP contribution in [0, 0.1) is 5.41 Å². The molecule has 0 bridgehead atoms. The molecule has 0 heterocycles. The molecule has 0 aliphatic rings. The summed E-state index contributed by atoms with van der Waals surface area (Å²) in [6, 6.07) is 0. The number of hydrogen-bond donors (Lipinski definition) is 2. The Morgan fingerprint density at radius 2 is 1.67 bits per heavy atom. The van der Waals surface area contributed by atoms with E-state index in [1.807, 2.05) is 20.8 Å². The molecular formula is C8H18ClNO2. The highest BCUT2D eigenvalue weighted by Gasteiger charge is 2.32. The monoisotopic (exact) mass is 195 g/mol. The predicted octanol–water partition coefficient (Wildman–Crippen LogP) is 1.65. The molecule has 0 aliphatic heterocycles. The Balaban J connectivity index is 0. The number of carboxylic acid groups (broad SMARTS) is 1. The van der Waals surface area contributed by atoms with Gasteiger partial charge >= 0.3 is 5.97 Å². The first-order valence-electron chi connectivity index (χ1n) is 3.67. The number of carbonyl (C=O) groups is 1. The summed E-state index contributed by atoms with van der Waals surface area (Å²) in [6.07, 6.45) is 0.481. The van der Waals surface area contributed by atoms with Crippen LogP contribution in [0.5, 0.6) is 0 Å². The van der Waals surface area contributed by atoms with E-state index < -0.39 is 11.5 Å². The molecule has 12 heavy (non-hydrogen) atoms. The van der Waals surface area contributed by atoms with Crippen LogP contribution >= 0.6 is 12.4 Å². The average Bonchev–Trinajstić information content (AvgIpc) is 1.56. The molecule has 3 N–H and O–H groups in total. The van der Waals surface area contributed by atoms with Crippen molar-refractivity contribution in [1.82, 2.24) is 0 Å². The standard InChI is InChI=1S/C8H17NO2.ClH/c1-7(2,3)5-8(4,9)6(10)11;/h5,9H2,1-4H3,(H,10,11);1H. The van der Waals surface area contributed by atoms with Crippen LogP contribution in [0.1, 0.15) is 34.1 Å². The molecule has 0 spiro atoms. The Bertz CT molecular complexity index is 161. The van der Waals surface area contributed by atoms with Crippen molar-refractivity contribution in [3.8, 4) is 0 Å². The Hall–Kier alpha value is -0.280. The van der Waals surface area contributed by atoms with Gasteiger partial charge in [0, 0.05) is 0 Å². The van der Waals surface area contributed by atoms with E-state index in [-0.39, 0.29) is 17.8 Å². The Labute approximate surface area is 79.7 Å². The molecule has 74 valence electrons. The summed E-state index contributed by atoms with van der Waals surface area (Å²) in [5, 5.41) is 8.68. The normalized spacial score (nSPS) is 16.1. The maximum Gasteiger partial charge on any atom is 0.323 e. The quantitative estimate of drug-likeness (QED) is 0.704. The largest absolute Gasteiger partial charge is 0.480 e. The number of halogens is 1. The highest BCUT2D eigenvalue weighted by molar-refractivity contribution is 5.85. The summed E-state index contributed by atoms with van der Waals surface area (Å²) in [6.45, 7) is 7.46. The van der Waals surface area contributed by atoms with Gasteiger partial charge in [-0.3, -0.25) is 4.79 Å². The van der Waals surface area contributed by atoms with Crippen molar-refractivity contribution >= 4 is 18.4 Å². The van der Waals surface area contributed by atoms with Gasteiger partial charge in [0.05, 0.1) is 0 Å². The highest BCUT2D eigenvalue weighted by Crippen LogP contribution is 2.25. The molecule has 0 rings (SSSR count). The molecule has 1 unspecified atom stereocenters. The van der Waals surface area contributed by atoms with E-state index in [1.54, 1.807) is 6.92 Å². The maximum atomic E-state index is 10.6. The van der Waals surface area contributed by atoms with Crippen LogP contribution in [-0.2, 0) is 4.79 Å². The molecule has 0 saturated carbocycles. The molecule has 0 amide bonds. The van der Waals surface area contributed by atoms with Crippen molar-refractivity contribution in [2.24, 2.45) is 11.1 Å². The first-order valence-corrected chi connectivity index (χ1v) is 3.67. The van der Waals surface area contributed by atoms with Crippen LogP contribution < -0.4 is 5.73 Å². The molecule has 0 aromatic carbocycles. The molecule has 0 aromatic heterocycles. The fourth-order valence-electron chi connectivity index (χ4n) is 1.18. The van der Waals surface area contributed by atoms with Crippen LogP contribution in [0.3, 0.4) is 0 Å². The Morgan fingerprint density at radius 1 is 1.33 bits per heavy atom. The van der Waals surface area contributed by atoms with E-state index >= 15 is 0 Å². The SMILES string of the molecule is CC(C)(C)CC(C)(N)C(=O)O.Cl. The van der Waals surface area contributed by atoms with E-state index in [0.29, 0.717) is 6.42 Å². The highest BCUT2D eigenvalue weighted by atomic mass is 35.5. The second-order valence-electron chi connectivity index (χ2n) is 4.46. The zero-order valence-corrected chi connectivity index (χ0v) is 8.86. The van der Waals surface area contributed by atoms with Gasteiger partial charge < -0.3 is 10.8 Å². The number of aliphatic carboxylic acids is 1. The van der Waals surface area contributed by atoms with E-state index in [0.717, 1.165) is 0 Å². The van der Waals surface area contributed by atoms with Gasteiger partial charge in [-0.2, -0.15) is 0 Å². The third-order valence-corrected chi connectivity index (χ3v) is 1.39. The van der Waals surface area contributed by atoms with Crippen molar-refractivity contribution in [2.45, 2.75) is 39.7 Å². The third-order valence-electron chi connectivity index (χ3n) is 1.39. The minimum absolute atomic E-state index is 0. The summed E-state index contributed by atoms with van der Waals surface area (Å²) in [5.41, 5.74) is 4.41. The molecule has 1 atom stereocenters. The van der Waals surface area contributed by atoms with Crippen molar-refractivity contribution < 1.29 is 9.90 Å². The predicted molar refractivity (Wildman–Crippen MR) is 51.5 cm³/mol. The van der Waals surface area contributed by atoms with Crippen molar-refractivity contribution in [1.29, 1.82) is 0 Å². The second-order valence-corrected chi connectivity index (χ2v) is 4.46. The number of carboxylic acids is 1. The summed E-state index contributed by atoms with van der Waals surface area (Å²) >= 11 is 0. The van der Waals surface area contributed by atoms with Crippen LogP contribution in [-0.4, -0.2) is 16.6 Å². The number of hydrogen-bond acceptors (Lipinski definition) is 2. The summed E-state index contributed by atoms with van der Waals surface area (Å²) in [5.74, 6) is -0.938. The summed E-state index contributed by atoms with van der Waals surface area (Å²) in [7, 11) is 0. The van der Waals surface area contributed by atoms with E-state index in [4.69, 9.17) is 10.8 Å². The Kier molecular flexibility index (Phi) is 4.87. The lowest BCUT2D eigenvalue weighted by Crippen LogP contribution is -2.47. The van der Waals surface area contributed by atoms with E-state index in [2.05, 4.69) is 0 Å². The van der Waals surface area contributed by atoms with Crippen LogP contribution in [0.2, 0.25) is 0 Å². The first kappa shape index (κ1) is 14.3. The van der Waals surface area contributed by atoms with Crippen LogP contribution in [0.25, 0.3) is 0 Å². The molecule has 0 fully saturated rings. The minimum Gasteiger partial charge on any atom is -0.480 e. The first-order chi connectivity index (χ1) is 4.65. The van der Waals surface area contributed by atoms with Gasteiger partial charge in [0.2, 0.25) is 0 Å². The molecule has 0 radical (unpaired) electrons. The van der Waals surface area contributed by atoms with Gasteiger partial charge in [0.15, 0.2) is 0 Å². The van der Waals surface area contributed by atoms with Crippen molar-refractivity contribution in [2.75, 3.05) is 0 Å². The van der Waals surface area contributed by atoms with Gasteiger partial charge in [-0.15, -0.1) is 12.4 Å². The van der Waals surface area contributed by atoms with Gasteiger partial charge in [-0.05, 0) is 18.8 Å². The zero-order valence-electron chi connectivity index (χ0n) is 8.05.